The van der Waals surface area contributed by atoms with Crippen LogP contribution in [0.25, 0.3) is 11.1 Å². The number of rotatable bonds is 7. The Kier molecular flexibility index (Phi) is 9.94. The predicted octanol–water partition coefficient (Wildman–Crippen LogP) is 5.69. The molecule has 0 spiro atoms. The van der Waals surface area contributed by atoms with E-state index in [4.69, 9.17) is 4.74 Å². The van der Waals surface area contributed by atoms with Crippen LogP contribution in [0.1, 0.15) is 29.8 Å². The molecular formula is C25H29NO4S. The second-order valence-corrected chi connectivity index (χ2v) is 8.48. The molecule has 0 unspecified atom stereocenters. The molecule has 2 N–H and O–H groups in total. The quantitative estimate of drug-likeness (QED) is 0.364. The number of aromatic hydroxyl groups is 1. The first-order valence-electron chi connectivity index (χ1n) is 9.95. The van der Waals surface area contributed by atoms with Crippen molar-refractivity contribution >= 4 is 17.9 Å². The van der Waals surface area contributed by atoms with Gasteiger partial charge in [-0.3, -0.25) is 4.72 Å². The molecule has 0 atom stereocenters. The molecular weight excluding hydrogens is 410 g/mol. The van der Waals surface area contributed by atoms with Gasteiger partial charge in [0, 0.05) is 5.25 Å². The lowest BCUT2D eigenvalue weighted by molar-refractivity contribution is 0.0597. The highest BCUT2D eigenvalue weighted by molar-refractivity contribution is 7.97. The summed E-state index contributed by atoms with van der Waals surface area (Å²) in [5.41, 5.74) is 3.34. The fourth-order valence-corrected chi connectivity index (χ4v) is 3.22. The maximum Gasteiger partial charge on any atom is 0.341 e. The number of phenols is 1. The number of benzene rings is 3. The van der Waals surface area contributed by atoms with Crippen molar-refractivity contribution in [1.29, 1.82) is 0 Å². The summed E-state index contributed by atoms with van der Waals surface area (Å²) in [4.78, 5) is 11.6. The van der Waals surface area contributed by atoms with Crippen molar-refractivity contribution < 1.29 is 19.4 Å². The lowest BCUT2D eigenvalue weighted by atomic mass is 10.0. The third-order valence-corrected chi connectivity index (χ3v) is 4.87. The van der Waals surface area contributed by atoms with Crippen LogP contribution in [0, 0.1) is 0 Å². The van der Waals surface area contributed by atoms with E-state index in [0.29, 0.717) is 17.6 Å². The van der Waals surface area contributed by atoms with Crippen LogP contribution < -0.4 is 9.46 Å². The van der Waals surface area contributed by atoms with Gasteiger partial charge in [0.2, 0.25) is 0 Å². The minimum Gasteiger partial charge on any atom is -0.507 e. The minimum atomic E-state index is -0.603. The molecule has 0 saturated carbocycles. The molecule has 5 nitrogen and oxygen atoms in total. The summed E-state index contributed by atoms with van der Waals surface area (Å²) in [6, 6.07) is 22.7. The van der Waals surface area contributed by atoms with E-state index in [0.717, 1.165) is 16.7 Å². The van der Waals surface area contributed by atoms with Gasteiger partial charge in [-0.15, -0.1) is 0 Å². The van der Waals surface area contributed by atoms with E-state index in [1.54, 1.807) is 18.0 Å². The van der Waals surface area contributed by atoms with Gasteiger partial charge in [-0.2, -0.15) is 0 Å². The molecule has 3 aromatic carbocycles. The highest BCUT2D eigenvalue weighted by atomic mass is 32.2. The van der Waals surface area contributed by atoms with Crippen molar-refractivity contribution in [1.82, 2.24) is 4.72 Å². The van der Waals surface area contributed by atoms with Crippen LogP contribution in [0.5, 0.6) is 11.5 Å². The molecule has 3 aromatic rings. The smallest absolute Gasteiger partial charge is 0.341 e. The molecule has 0 amide bonds. The van der Waals surface area contributed by atoms with Crippen LogP contribution in [-0.4, -0.2) is 30.5 Å². The number of hydrogen-bond acceptors (Lipinski definition) is 6. The van der Waals surface area contributed by atoms with E-state index < -0.39 is 5.97 Å². The number of carbonyl (C=O) groups excluding carboxylic acids is 1. The monoisotopic (exact) mass is 439 g/mol. The van der Waals surface area contributed by atoms with Crippen LogP contribution in [-0.2, 0) is 11.3 Å². The standard InChI is InChI=1S/C21H18O4.C4H11NS/c1-24-21(23)19-13-18(10-11-20(19)22)25-14-15-6-5-9-17(12-15)16-7-3-2-4-8-16;1-4(2)6-5-3/h2-13,22H,14H2,1H3;4-5H,1-3H3. The number of phenolic OH excluding ortho intramolecular Hbond substituents is 1. The van der Waals surface area contributed by atoms with Crippen molar-refractivity contribution in [2.45, 2.75) is 25.7 Å². The van der Waals surface area contributed by atoms with Gasteiger partial charge in [0.05, 0.1) is 7.11 Å². The van der Waals surface area contributed by atoms with Gasteiger partial charge in [-0.05, 0) is 48.0 Å². The summed E-state index contributed by atoms with van der Waals surface area (Å²) < 4.78 is 13.4. The van der Waals surface area contributed by atoms with Gasteiger partial charge in [0.1, 0.15) is 23.7 Å². The Morgan fingerprint density at radius 1 is 1.00 bits per heavy atom. The Bertz CT molecular complexity index is 961. The first kappa shape index (κ1) is 24.3. The average Bonchev–Trinajstić information content (AvgIpc) is 2.79. The summed E-state index contributed by atoms with van der Waals surface area (Å²) in [5.74, 6) is -0.248. The molecule has 0 aliphatic rings. The maximum atomic E-state index is 11.6. The third-order valence-electron chi connectivity index (χ3n) is 4.17. The molecule has 31 heavy (non-hydrogen) atoms. The van der Waals surface area contributed by atoms with Crippen molar-refractivity contribution in [3.05, 3.63) is 83.9 Å². The molecule has 0 radical (unpaired) electrons. The predicted molar refractivity (Wildman–Crippen MR) is 127 cm³/mol. The van der Waals surface area contributed by atoms with Crippen molar-refractivity contribution in [3.8, 4) is 22.6 Å². The first-order chi connectivity index (χ1) is 14.9. The Morgan fingerprint density at radius 3 is 2.32 bits per heavy atom. The van der Waals surface area contributed by atoms with Crippen molar-refractivity contribution in [2.24, 2.45) is 0 Å². The lowest BCUT2D eigenvalue weighted by Crippen LogP contribution is -2.03. The average molecular weight is 440 g/mol. The van der Waals surface area contributed by atoms with Crippen LogP contribution in [0.15, 0.2) is 72.8 Å². The highest BCUT2D eigenvalue weighted by Crippen LogP contribution is 2.25. The second-order valence-electron chi connectivity index (χ2n) is 6.90. The van der Waals surface area contributed by atoms with Gasteiger partial charge in [0.15, 0.2) is 0 Å². The molecule has 0 heterocycles. The first-order valence-corrected chi connectivity index (χ1v) is 10.8. The molecule has 0 aliphatic heterocycles. The van der Waals surface area contributed by atoms with Crippen LogP contribution >= 0.6 is 11.9 Å². The van der Waals surface area contributed by atoms with Gasteiger partial charge in [-0.1, -0.05) is 74.3 Å². The van der Waals surface area contributed by atoms with Crippen molar-refractivity contribution in [3.63, 3.8) is 0 Å². The molecule has 3 rings (SSSR count). The van der Waals surface area contributed by atoms with E-state index in [2.05, 4.69) is 47.6 Å². The Morgan fingerprint density at radius 2 is 1.71 bits per heavy atom. The molecule has 6 heteroatoms. The molecule has 0 saturated heterocycles. The Hall–Kier alpha value is -2.96. The number of esters is 1. The van der Waals surface area contributed by atoms with Gasteiger partial charge in [-0.25, -0.2) is 4.79 Å². The van der Waals surface area contributed by atoms with Crippen LogP contribution in [0.2, 0.25) is 0 Å². The van der Waals surface area contributed by atoms with E-state index in [1.165, 1.54) is 19.2 Å². The van der Waals surface area contributed by atoms with Crippen molar-refractivity contribution in [2.75, 3.05) is 14.2 Å². The van der Waals surface area contributed by atoms with Crippen LogP contribution in [0.4, 0.5) is 0 Å². The lowest BCUT2D eigenvalue weighted by Gasteiger charge is -2.10. The number of hydrogen-bond donors (Lipinski definition) is 2. The summed E-state index contributed by atoms with van der Waals surface area (Å²) in [6.45, 7) is 4.66. The zero-order chi connectivity index (χ0) is 22.6. The normalized spacial score (nSPS) is 10.2. The number of nitrogens with one attached hydrogen (secondary N) is 1. The summed E-state index contributed by atoms with van der Waals surface area (Å²) >= 11 is 1.74. The zero-order valence-electron chi connectivity index (χ0n) is 18.3. The second kappa shape index (κ2) is 12.7. The fraction of sp³-hybridized carbons (Fsp3) is 0.240. The molecule has 0 bridgehead atoms. The van der Waals surface area contributed by atoms with Gasteiger partial charge < -0.3 is 14.6 Å². The molecule has 164 valence electrons. The Balaban J connectivity index is 0.000000501. The van der Waals surface area contributed by atoms with E-state index in [1.807, 2.05) is 37.4 Å². The topological polar surface area (TPSA) is 67.8 Å². The summed E-state index contributed by atoms with van der Waals surface area (Å²) in [6.07, 6.45) is 0. The Labute approximate surface area is 188 Å². The third kappa shape index (κ3) is 8.00. The van der Waals surface area contributed by atoms with E-state index >= 15 is 0 Å². The number of ether oxygens (including phenoxy) is 2. The van der Waals surface area contributed by atoms with Crippen LogP contribution in [0.3, 0.4) is 0 Å². The van der Waals surface area contributed by atoms with E-state index in [9.17, 15) is 9.90 Å². The minimum absolute atomic E-state index is 0.0815. The molecule has 0 fully saturated rings. The largest absolute Gasteiger partial charge is 0.507 e. The number of carbonyl (C=O) groups is 1. The molecule has 0 aromatic heterocycles. The summed E-state index contributed by atoms with van der Waals surface area (Å²) in [7, 11) is 3.20. The maximum absolute atomic E-state index is 11.6. The van der Waals surface area contributed by atoms with Gasteiger partial charge in [0.25, 0.3) is 0 Å². The molecule has 0 aliphatic carbocycles. The highest BCUT2D eigenvalue weighted by Gasteiger charge is 2.12. The van der Waals surface area contributed by atoms with Gasteiger partial charge >= 0.3 is 5.97 Å². The number of methoxy groups -OCH3 is 1. The summed E-state index contributed by atoms with van der Waals surface area (Å²) in [5, 5.41) is 10.4. The fourth-order valence-electron chi connectivity index (χ4n) is 2.75. The zero-order valence-corrected chi connectivity index (χ0v) is 19.1. The SMILES string of the molecule is CNSC(C)C.COC(=O)c1cc(OCc2cccc(-c3ccccc3)c2)ccc1O. The van der Waals surface area contributed by atoms with E-state index in [-0.39, 0.29) is 11.3 Å².